The van der Waals surface area contributed by atoms with Crippen LogP contribution in [-0.4, -0.2) is 11.9 Å². The second-order valence-electron chi connectivity index (χ2n) is 4.22. The van der Waals surface area contributed by atoms with Gasteiger partial charge in [-0.1, -0.05) is 18.6 Å². The summed E-state index contributed by atoms with van der Waals surface area (Å²) in [5.74, 6) is 0.715. The average Bonchev–Trinajstić information content (AvgIpc) is 2.69. The molecule has 2 N–H and O–H groups in total. The van der Waals surface area contributed by atoms with Crippen LogP contribution in [0.1, 0.15) is 37.0 Å². The van der Waals surface area contributed by atoms with Gasteiger partial charge in [0.15, 0.2) is 0 Å². The van der Waals surface area contributed by atoms with Crippen LogP contribution < -0.4 is 5.32 Å². The monoisotopic (exact) mass is 234 g/mol. The van der Waals surface area contributed by atoms with Crippen molar-refractivity contribution in [1.82, 2.24) is 5.32 Å². The summed E-state index contributed by atoms with van der Waals surface area (Å²) in [6.07, 6.45) is 9.95. The lowest BCUT2D eigenvalue weighted by atomic mass is 10.1. The summed E-state index contributed by atoms with van der Waals surface area (Å²) in [7, 11) is 0. The smallest absolute Gasteiger partial charge is 0.0933 e. The van der Waals surface area contributed by atoms with E-state index in [2.05, 4.69) is 35.0 Å². The molecular formula is C13H18N2S. The molecule has 2 heterocycles. The molecule has 1 aromatic heterocycles. The van der Waals surface area contributed by atoms with E-state index in [9.17, 15) is 0 Å². The Balaban J connectivity index is 1.82. The van der Waals surface area contributed by atoms with Gasteiger partial charge in [0.05, 0.1) is 5.84 Å². The van der Waals surface area contributed by atoms with Crippen LogP contribution in [0.4, 0.5) is 0 Å². The van der Waals surface area contributed by atoms with Gasteiger partial charge >= 0.3 is 0 Å². The normalized spacial score (nSPS) is 22.0. The van der Waals surface area contributed by atoms with E-state index < -0.39 is 0 Å². The number of rotatable bonds is 3. The fraction of sp³-hybridized carbons (Fsp3) is 0.462. The highest BCUT2D eigenvalue weighted by molar-refractivity contribution is 7.10. The molecule has 1 aliphatic rings. The summed E-state index contributed by atoms with van der Waals surface area (Å²) in [5.41, 5.74) is 0. The van der Waals surface area contributed by atoms with E-state index in [1.165, 1.54) is 17.7 Å². The van der Waals surface area contributed by atoms with Gasteiger partial charge in [0.1, 0.15) is 0 Å². The predicted molar refractivity (Wildman–Crippen MR) is 71.1 cm³/mol. The topological polar surface area (TPSA) is 35.9 Å². The third-order valence-corrected chi connectivity index (χ3v) is 3.69. The van der Waals surface area contributed by atoms with Crippen molar-refractivity contribution in [3.05, 3.63) is 28.5 Å². The first-order chi connectivity index (χ1) is 7.84. The number of hydrogen-bond donors (Lipinski definition) is 2. The van der Waals surface area contributed by atoms with Crippen molar-refractivity contribution in [3.63, 3.8) is 0 Å². The summed E-state index contributed by atoms with van der Waals surface area (Å²) in [4.78, 5) is 1.31. The van der Waals surface area contributed by atoms with Crippen molar-refractivity contribution in [2.24, 2.45) is 0 Å². The molecule has 0 radical (unpaired) electrons. The summed E-state index contributed by atoms with van der Waals surface area (Å²) < 4.78 is 0. The zero-order valence-electron chi connectivity index (χ0n) is 9.41. The molecule has 3 heteroatoms. The molecule has 0 spiro atoms. The molecule has 16 heavy (non-hydrogen) atoms. The zero-order valence-corrected chi connectivity index (χ0v) is 10.2. The molecule has 0 aromatic carbocycles. The minimum atomic E-state index is 0.464. The number of hydrogen-bond acceptors (Lipinski definition) is 2. The van der Waals surface area contributed by atoms with Crippen molar-refractivity contribution in [1.29, 1.82) is 5.41 Å². The maximum Gasteiger partial charge on any atom is 0.0933 e. The molecule has 2 nitrogen and oxygen atoms in total. The minimum absolute atomic E-state index is 0.464. The Morgan fingerprint density at radius 1 is 1.50 bits per heavy atom. The Bertz CT molecular complexity index is 354. The first kappa shape index (κ1) is 11.4. The molecule has 86 valence electrons. The van der Waals surface area contributed by atoms with E-state index in [1.54, 1.807) is 11.3 Å². The fourth-order valence-electron chi connectivity index (χ4n) is 1.99. The lowest BCUT2D eigenvalue weighted by Gasteiger charge is -2.14. The van der Waals surface area contributed by atoms with Crippen LogP contribution in [0.2, 0.25) is 0 Å². The van der Waals surface area contributed by atoms with E-state index in [4.69, 9.17) is 5.41 Å². The van der Waals surface area contributed by atoms with Gasteiger partial charge in [0, 0.05) is 17.3 Å². The Morgan fingerprint density at radius 2 is 2.44 bits per heavy atom. The third-order valence-electron chi connectivity index (χ3n) is 2.85. The van der Waals surface area contributed by atoms with Crippen molar-refractivity contribution < 1.29 is 0 Å². The van der Waals surface area contributed by atoms with Gasteiger partial charge in [0.2, 0.25) is 0 Å². The van der Waals surface area contributed by atoms with Crippen LogP contribution >= 0.6 is 11.3 Å². The highest BCUT2D eigenvalue weighted by Gasteiger charge is 2.12. The van der Waals surface area contributed by atoms with Crippen molar-refractivity contribution in [2.75, 3.05) is 0 Å². The van der Waals surface area contributed by atoms with Gasteiger partial charge in [-0.3, -0.25) is 5.41 Å². The van der Waals surface area contributed by atoms with Crippen LogP contribution in [-0.2, 0) is 0 Å². The number of nitrogens with one attached hydrogen (secondary N) is 2. The van der Waals surface area contributed by atoms with E-state index in [-0.39, 0.29) is 0 Å². The highest BCUT2D eigenvalue weighted by Crippen LogP contribution is 2.15. The van der Waals surface area contributed by atoms with Gasteiger partial charge in [-0.05, 0) is 36.8 Å². The molecule has 1 atom stereocenters. The highest BCUT2D eigenvalue weighted by atomic mass is 32.1. The Labute approximate surface area is 101 Å². The number of amidine groups is 1. The first-order valence-corrected chi connectivity index (χ1v) is 6.76. The second-order valence-corrected chi connectivity index (χ2v) is 5.20. The third kappa shape index (κ3) is 3.49. The van der Waals surface area contributed by atoms with Gasteiger partial charge in [-0.15, -0.1) is 11.3 Å². The van der Waals surface area contributed by atoms with E-state index >= 15 is 0 Å². The van der Waals surface area contributed by atoms with Crippen LogP contribution in [0.3, 0.4) is 0 Å². The molecule has 0 saturated carbocycles. The molecule has 1 aliphatic heterocycles. The molecular weight excluding hydrogens is 216 g/mol. The predicted octanol–water partition coefficient (Wildman–Crippen LogP) is 3.66. The Hall–Kier alpha value is -1.09. The van der Waals surface area contributed by atoms with Gasteiger partial charge in [-0.25, -0.2) is 0 Å². The zero-order chi connectivity index (χ0) is 11.2. The van der Waals surface area contributed by atoms with Gasteiger partial charge in [0.25, 0.3) is 0 Å². The van der Waals surface area contributed by atoms with Crippen molar-refractivity contribution >= 4 is 23.2 Å². The molecule has 0 bridgehead atoms. The molecule has 1 saturated heterocycles. The molecule has 1 unspecified atom stereocenters. The maximum atomic E-state index is 7.70. The Kier molecular flexibility index (Phi) is 4.17. The SMILES string of the molecule is N=C1CCCCC(C/C=C/c2cccs2)N1. The van der Waals surface area contributed by atoms with E-state index in [0.717, 1.165) is 19.3 Å². The lowest BCUT2D eigenvalue weighted by Crippen LogP contribution is -2.31. The molecule has 1 aromatic rings. The van der Waals surface area contributed by atoms with Crippen LogP contribution in [0.15, 0.2) is 23.6 Å². The van der Waals surface area contributed by atoms with Crippen molar-refractivity contribution in [2.45, 2.75) is 38.1 Å². The second kappa shape index (κ2) is 5.85. The minimum Gasteiger partial charge on any atom is -0.371 e. The standard InChI is InChI=1S/C13H18N2S/c14-13-9-2-1-5-11(15-13)6-3-7-12-8-4-10-16-12/h3-4,7-8,10-11H,1-2,5-6,9H2,(H2,14,15)/b7-3+. The average molecular weight is 234 g/mol. The van der Waals surface area contributed by atoms with Crippen LogP contribution in [0.5, 0.6) is 0 Å². The molecule has 0 amide bonds. The summed E-state index contributed by atoms with van der Waals surface area (Å²) in [6.45, 7) is 0. The molecule has 0 aliphatic carbocycles. The quantitative estimate of drug-likeness (QED) is 0.822. The van der Waals surface area contributed by atoms with Crippen LogP contribution in [0, 0.1) is 5.41 Å². The first-order valence-electron chi connectivity index (χ1n) is 5.88. The van der Waals surface area contributed by atoms with E-state index in [1.807, 2.05) is 0 Å². The summed E-state index contributed by atoms with van der Waals surface area (Å²) in [6, 6.07) is 4.67. The lowest BCUT2D eigenvalue weighted by molar-refractivity contribution is 0.558. The summed E-state index contributed by atoms with van der Waals surface area (Å²) >= 11 is 1.76. The van der Waals surface area contributed by atoms with E-state index in [0.29, 0.717) is 11.9 Å². The van der Waals surface area contributed by atoms with Gasteiger partial charge < -0.3 is 5.32 Å². The fourth-order valence-corrected chi connectivity index (χ4v) is 2.64. The molecule has 2 rings (SSSR count). The maximum absolute atomic E-state index is 7.70. The van der Waals surface area contributed by atoms with Crippen LogP contribution in [0.25, 0.3) is 6.08 Å². The van der Waals surface area contributed by atoms with Gasteiger partial charge in [-0.2, -0.15) is 0 Å². The largest absolute Gasteiger partial charge is 0.371 e. The summed E-state index contributed by atoms with van der Waals surface area (Å²) in [5, 5.41) is 13.1. The molecule has 1 fully saturated rings. The van der Waals surface area contributed by atoms with Crippen molar-refractivity contribution in [3.8, 4) is 0 Å². The number of thiophene rings is 1. The Morgan fingerprint density at radius 3 is 3.25 bits per heavy atom.